The van der Waals surface area contributed by atoms with E-state index >= 15 is 0 Å². The van der Waals surface area contributed by atoms with E-state index in [0.29, 0.717) is 12.6 Å². The van der Waals surface area contributed by atoms with Crippen molar-refractivity contribution in [3.8, 4) is 17.9 Å². The van der Waals surface area contributed by atoms with Crippen LogP contribution >= 0.6 is 23.3 Å². The lowest BCUT2D eigenvalue weighted by Crippen LogP contribution is -2.32. The molecule has 1 aromatic rings. The Labute approximate surface area is 104 Å². The first-order valence-electron chi connectivity index (χ1n) is 5.09. The van der Waals surface area contributed by atoms with E-state index in [4.69, 9.17) is 4.74 Å². The van der Waals surface area contributed by atoms with Crippen LogP contribution in [0.15, 0.2) is 0 Å². The van der Waals surface area contributed by atoms with Gasteiger partial charge in [-0.3, -0.25) is 0 Å². The molecule has 0 amide bonds. The molecule has 1 aromatic heterocycles. The smallest absolute Gasteiger partial charge is 0.331 e. The molecule has 0 aliphatic carbocycles. The molecular weight excluding hydrogens is 242 g/mol. The van der Waals surface area contributed by atoms with E-state index in [-0.39, 0.29) is 0 Å². The Balaban J connectivity index is 1.92. The number of hydrogen-bond donors (Lipinski definition) is 0. The van der Waals surface area contributed by atoms with Crippen molar-refractivity contribution in [1.29, 1.82) is 0 Å². The van der Waals surface area contributed by atoms with E-state index in [1.807, 2.05) is 11.8 Å². The molecule has 16 heavy (non-hydrogen) atoms. The van der Waals surface area contributed by atoms with Crippen molar-refractivity contribution in [2.24, 2.45) is 0 Å². The average Bonchev–Trinajstić information content (AvgIpc) is 2.79. The monoisotopic (exact) mass is 255 g/mol. The molecule has 0 radical (unpaired) electrons. The number of hydrogen-bond acceptors (Lipinski definition) is 6. The third kappa shape index (κ3) is 3.03. The van der Waals surface area contributed by atoms with Gasteiger partial charge >= 0.3 is 6.01 Å². The third-order valence-corrected chi connectivity index (χ3v) is 3.83. The highest BCUT2D eigenvalue weighted by Crippen LogP contribution is 2.23. The molecule has 0 bridgehead atoms. The van der Waals surface area contributed by atoms with Gasteiger partial charge in [-0.05, 0) is 6.92 Å². The van der Waals surface area contributed by atoms with E-state index in [0.717, 1.165) is 29.7 Å². The predicted octanol–water partition coefficient (Wildman–Crippen LogP) is 1.49. The standard InChI is InChI=1S/C10H13N3OS2/c1-2-3-6-14-9-11-10(16-12-9)13-4-7-15-8-5-13/h4-8H2,1H3. The second kappa shape index (κ2) is 5.97. The summed E-state index contributed by atoms with van der Waals surface area (Å²) in [6.07, 6.45) is 0. The molecule has 0 aromatic carbocycles. The topological polar surface area (TPSA) is 38.2 Å². The highest BCUT2D eigenvalue weighted by atomic mass is 32.2. The van der Waals surface area contributed by atoms with E-state index in [1.54, 1.807) is 6.92 Å². The Kier molecular flexibility index (Phi) is 4.31. The SMILES string of the molecule is CC#CCOc1nsc(N2CCSCC2)n1. The minimum atomic E-state index is 0.364. The summed E-state index contributed by atoms with van der Waals surface area (Å²) in [5.74, 6) is 7.92. The van der Waals surface area contributed by atoms with Crippen molar-refractivity contribution in [2.45, 2.75) is 6.92 Å². The largest absolute Gasteiger partial charge is 0.450 e. The van der Waals surface area contributed by atoms with Crippen LogP contribution in [0.5, 0.6) is 6.01 Å². The second-order valence-corrected chi connectivity index (χ2v) is 5.13. The molecule has 6 heteroatoms. The van der Waals surface area contributed by atoms with Crippen LogP contribution in [-0.2, 0) is 0 Å². The van der Waals surface area contributed by atoms with Gasteiger partial charge in [-0.25, -0.2) is 0 Å². The summed E-state index contributed by atoms with van der Waals surface area (Å²) in [6, 6.07) is 0.445. The number of nitrogens with zero attached hydrogens (tertiary/aromatic N) is 3. The fourth-order valence-corrected chi connectivity index (χ4v) is 2.89. The zero-order valence-electron chi connectivity index (χ0n) is 9.10. The van der Waals surface area contributed by atoms with Gasteiger partial charge in [0.15, 0.2) is 6.61 Å². The molecule has 1 aliphatic rings. The van der Waals surface area contributed by atoms with Crippen LogP contribution in [-0.4, -0.2) is 40.6 Å². The molecule has 1 fully saturated rings. The molecule has 1 aliphatic heterocycles. The highest BCUT2D eigenvalue weighted by molar-refractivity contribution is 7.99. The van der Waals surface area contributed by atoms with Crippen LogP contribution in [0.25, 0.3) is 0 Å². The van der Waals surface area contributed by atoms with Crippen molar-refractivity contribution < 1.29 is 4.74 Å². The minimum absolute atomic E-state index is 0.364. The fourth-order valence-electron chi connectivity index (χ4n) is 1.32. The van der Waals surface area contributed by atoms with E-state index in [1.165, 1.54) is 11.5 Å². The molecule has 0 unspecified atom stereocenters. The van der Waals surface area contributed by atoms with Crippen LogP contribution in [0, 0.1) is 11.8 Å². The zero-order valence-corrected chi connectivity index (χ0v) is 10.7. The lowest BCUT2D eigenvalue weighted by atomic mass is 10.5. The van der Waals surface area contributed by atoms with Crippen LogP contribution in [0.1, 0.15) is 6.92 Å². The number of ether oxygens (including phenoxy) is 1. The summed E-state index contributed by atoms with van der Waals surface area (Å²) in [4.78, 5) is 6.60. The maximum atomic E-state index is 5.30. The molecule has 0 saturated carbocycles. The van der Waals surface area contributed by atoms with Crippen LogP contribution in [0.2, 0.25) is 0 Å². The van der Waals surface area contributed by atoms with Gasteiger partial charge in [0.2, 0.25) is 5.13 Å². The van der Waals surface area contributed by atoms with E-state index in [2.05, 4.69) is 26.1 Å². The minimum Gasteiger partial charge on any atom is -0.450 e. The van der Waals surface area contributed by atoms with Gasteiger partial charge < -0.3 is 9.64 Å². The van der Waals surface area contributed by atoms with E-state index in [9.17, 15) is 0 Å². The molecule has 0 N–H and O–H groups in total. The maximum absolute atomic E-state index is 5.30. The molecule has 1 saturated heterocycles. The average molecular weight is 255 g/mol. The van der Waals surface area contributed by atoms with Crippen molar-refractivity contribution in [3.63, 3.8) is 0 Å². The van der Waals surface area contributed by atoms with Gasteiger partial charge in [-0.2, -0.15) is 16.7 Å². The summed E-state index contributed by atoms with van der Waals surface area (Å²) in [5.41, 5.74) is 0. The second-order valence-electron chi connectivity index (χ2n) is 3.17. The van der Waals surface area contributed by atoms with Gasteiger partial charge in [-0.1, -0.05) is 5.92 Å². The fraction of sp³-hybridized carbons (Fsp3) is 0.600. The first-order valence-corrected chi connectivity index (χ1v) is 7.02. The highest BCUT2D eigenvalue weighted by Gasteiger charge is 2.15. The van der Waals surface area contributed by atoms with Crippen molar-refractivity contribution >= 4 is 28.4 Å². The number of anilines is 1. The summed E-state index contributed by atoms with van der Waals surface area (Å²) in [7, 11) is 0. The Bertz CT molecular complexity index is 390. The molecule has 2 rings (SSSR count). The first-order chi connectivity index (χ1) is 7.90. The molecule has 0 spiro atoms. The van der Waals surface area contributed by atoms with Gasteiger partial charge in [0.1, 0.15) is 0 Å². The molecule has 0 atom stereocenters. The van der Waals surface area contributed by atoms with Gasteiger partial charge in [0, 0.05) is 36.1 Å². The van der Waals surface area contributed by atoms with Crippen LogP contribution in [0.4, 0.5) is 5.13 Å². The van der Waals surface area contributed by atoms with Crippen molar-refractivity contribution in [3.05, 3.63) is 0 Å². The Hall–Kier alpha value is -0.930. The quantitative estimate of drug-likeness (QED) is 0.765. The van der Waals surface area contributed by atoms with Gasteiger partial charge in [0.25, 0.3) is 0 Å². The number of rotatable bonds is 3. The zero-order chi connectivity index (χ0) is 11.2. The van der Waals surface area contributed by atoms with Crippen molar-refractivity contribution in [2.75, 3.05) is 36.1 Å². The third-order valence-electron chi connectivity index (χ3n) is 2.13. The van der Waals surface area contributed by atoms with Gasteiger partial charge in [-0.15, -0.1) is 10.3 Å². The summed E-state index contributed by atoms with van der Waals surface area (Å²) in [6.45, 7) is 4.25. The van der Waals surface area contributed by atoms with E-state index < -0.39 is 0 Å². The summed E-state index contributed by atoms with van der Waals surface area (Å²) < 4.78 is 9.46. The number of aromatic nitrogens is 2. The molecule has 4 nitrogen and oxygen atoms in total. The first kappa shape index (κ1) is 11.6. The van der Waals surface area contributed by atoms with Crippen LogP contribution in [0.3, 0.4) is 0 Å². The summed E-state index contributed by atoms with van der Waals surface area (Å²) >= 11 is 3.38. The van der Waals surface area contributed by atoms with Crippen molar-refractivity contribution in [1.82, 2.24) is 9.36 Å². The number of thioether (sulfide) groups is 1. The lowest BCUT2D eigenvalue weighted by Gasteiger charge is -2.24. The summed E-state index contributed by atoms with van der Waals surface area (Å²) in [5, 5.41) is 0.958. The lowest BCUT2D eigenvalue weighted by molar-refractivity contribution is 0.345. The molecule has 86 valence electrons. The Morgan fingerprint density at radius 3 is 3.00 bits per heavy atom. The Morgan fingerprint density at radius 2 is 2.25 bits per heavy atom. The van der Waals surface area contributed by atoms with Gasteiger partial charge in [0.05, 0.1) is 0 Å². The Morgan fingerprint density at radius 1 is 1.44 bits per heavy atom. The normalized spacial score (nSPS) is 15.4. The molecular formula is C10H13N3OS2. The maximum Gasteiger partial charge on any atom is 0.331 e. The predicted molar refractivity (Wildman–Crippen MR) is 68.4 cm³/mol. The van der Waals surface area contributed by atoms with Crippen LogP contribution < -0.4 is 9.64 Å². The molecule has 2 heterocycles.